The van der Waals surface area contributed by atoms with Crippen molar-refractivity contribution >= 4 is 46.2 Å². The first kappa shape index (κ1) is 34.6. The van der Waals surface area contributed by atoms with Gasteiger partial charge in [0, 0.05) is 24.5 Å². The highest BCUT2D eigenvalue weighted by atomic mass is 31.0. The van der Waals surface area contributed by atoms with Crippen molar-refractivity contribution in [2.75, 3.05) is 12.3 Å². The van der Waals surface area contributed by atoms with E-state index in [9.17, 15) is 0 Å². The van der Waals surface area contributed by atoms with Gasteiger partial charge in [0.1, 0.15) is 6.16 Å². The maximum atomic E-state index is 4.10. The van der Waals surface area contributed by atoms with E-state index in [2.05, 4.69) is 81.7 Å². The largest absolute Gasteiger partial charge is 0.257 e. The lowest BCUT2D eigenvalue weighted by Crippen LogP contribution is -1.86. The second kappa shape index (κ2) is 24.6. The summed E-state index contributed by atoms with van der Waals surface area (Å²) in [5, 5.41) is 0. The quantitative estimate of drug-likeness (QED) is 0.317. The number of rotatable bonds is 5. The Hall–Kier alpha value is -1.44. The first-order valence-corrected chi connectivity index (χ1v) is 18.0. The Morgan fingerprint density at radius 3 is 1.63 bits per heavy atom. The van der Waals surface area contributed by atoms with Crippen LogP contribution < -0.4 is 0 Å². The molecule has 5 atom stereocenters. The predicted octanol–water partition coefficient (Wildman–Crippen LogP) is 6.38. The molecule has 8 heteroatoms. The third-order valence-corrected chi connectivity index (χ3v) is 8.13. The normalized spacial score (nSPS) is 12.9. The lowest BCUT2D eigenvalue weighted by Gasteiger charge is -1.89. The van der Waals surface area contributed by atoms with E-state index in [0.717, 1.165) is 24.1 Å². The smallest absolute Gasteiger partial charge is 0.165 e. The first-order valence-electron chi connectivity index (χ1n) is 13.0. The lowest BCUT2D eigenvalue weighted by molar-refractivity contribution is 0.977. The number of benzene rings is 1. The molecule has 2 aromatic heterocycles. The van der Waals surface area contributed by atoms with E-state index in [1.54, 1.807) is 18.0 Å². The molecule has 2 heterocycles. The molecule has 0 aliphatic heterocycles. The van der Waals surface area contributed by atoms with E-state index < -0.39 is 0 Å². The highest BCUT2D eigenvalue weighted by Crippen LogP contribution is 2.12. The Kier molecular flexibility index (Phi) is 22.4. The fraction of sp³-hybridized carbons (Fsp3) is 0.233. The summed E-state index contributed by atoms with van der Waals surface area (Å²) in [5.74, 6) is 1.67. The highest BCUT2D eigenvalue weighted by Gasteiger charge is 1.99. The summed E-state index contributed by atoms with van der Waals surface area (Å²) in [4.78, 5) is 12.1. The standard InChI is InChI=1S/C7H9P.C6H8NP.2C6H9P.C5H7N2P/c8-6-7-4-2-1-3-5-7;8-5-6-3-1-2-4-7-6;2*7-5-6-3-1-2-4-6;8-4-5-6-2-1-3-7-5/h1-5H,6,8H2;1-4H,5,8H2;1-3H,4-5,7H2;1-4,6H,5,7H2;1-3H,4,8H2/p+5. The summed E-state index contributed by atoms with van der Waals surface area (Å²) >= 11 is 0. The average molecular weight is 605 g/mol. The van der Waals surface area contributed by atoms with Gasteiger partial charge in [-0.15, -0.1) is 0 Å². The van der Waals surface area contributed by atoms with Crippen molar-refractivity contribution in [2.24, 2.45) is 5.92 Å². The molecule has 0 fully saturated rings. The van der Waals surface area contributed by atoms with Crippen LogP contribution in [0.15, 0.2) is 121 Å². The van der Waals surface area contributed by atoms with E-state index in [1.807, 2.05) is 82.7 Å². The Morgan fingerprint density at radius 1 is 0.632 bits per heavy atom. The zero-order valence-electron chi connectivity index (χ0n) is 22.7. The summed E-state index contributed by atoms with van der Waals surface area (Å²) in [5.41, 5.74) is 4.16. The number of hydrogen-bond acceptors (Lipinski definition) is 3. The van der Waals surface area contributed by atoms with Gasteiger partial charge in [-0.3, -0.25) is 4.98 Å². The lowest BCUT2D eigenvalue weighted by atomic mass is 10.2. The fourth-order valence-corrected chi connectivity index (χ4v) is 4.64. The predicted molar refractivity (Wildman–Crippen MR) is 193 cm³/mol. The monoisotopic (exact) mass is 604 g/mol. The van der Waals surface area contributed by atoms with E-state index in [0.29, 0.717) is 0 Å². The first-order chi connectivity index (χ1) is 18.7. The number of nitrogens with zero attached hydrogens (tertiary/aromatic N) is 3. The van der Waals surface area contributed by atoms with Gasteiger partial charge in [0.15, 0.2) is 5.82 Å². The van der Waals surface area contributed by atoms with E-state index >= 15 is 0 Å². The van der Waals surface area contributed by atoms with Gasteiger partial charge >= 0.3 is 0 Å². The minimum absolute atomic E-state index is 0.748. The van der Waals surface area contributed by atoms with Crippen LogP contribution >= 0.6 is 46.2 Å². The van der Waals surface area contributed by atoms with Crippen LogP contribution in [0.4, 0.5) is 0 Å². The van der Waals surface area contributed by atoms with Gasteiger partial charge in [0.05, 0.1) is 30.3 Å². The molecule has 0 radical (unpaired) electrons. The molecule has 0 amide bonds. The molecule has 2 aliphatic rings. The van der Waals surface area contributed by atoms with Crippen molar-refractivity contribution in [2.45, 2.75) is 24.9 Å². The van der Waals surface area contributed by atoms with E-state index in [-0.39, 0.29) is 0 Å². The molecule has 3 nitrogen and oxygen atoms in total. The molecule has 0 saturated heterocycles. The van der Waals surface area contributed by atoms with Crippen molar-refractivity contribution in [3.63, 3.8) is 0 Å². The number of allylic oxidation sites excluding steroid dienone is 8. The van der Waals surface area contributed by atoms with Crippen molar-refractivity contribution in [3.05, 3.63) is 138 Å². The maximum Gasteiger partial charge on any atom is 0.165 e. The zero-order chi connectivity index (χ0) is 27.7. The van der Waals surface area contributed by atoms with Crippen LogP contribution in [0, 0.1) is 5.92 Å². The molecule has 5 rings (SSSR count). The number of aromatic nitrogens is 3. The minimum atomic E-state index is 0.748. The molecular formula is C30H47N3P5+5. The summed E-state index contributed by atoms with van der Waals surface area (Å²) < 4.78 is 0. The van der Waals surface area contributed by atoms with Crippen molar-refractivity contribution in [1.29, 1.82) is 0 Å². The van der Waals surface area contributed by atoms with Crippen LogP contribution in [-0.2, 0) is 18.5 Å². The third kappa shape index (κ3) is 18.0. The second-order valence-electron chi connectivity index (χ2n) is 8.15. The zero-order valence-corrected chi connectivity index (χ0v) is 29.7. The Balaban J connectivity index is 0.000000238. The van der Waals surface area contributed by atoms with Crippen molar-refractivity contribution < 1.29 is 0 Å². The highest BCUT2D eigenvalue weighted by molar-refractivity contribution is 7.17. The van der Waals surface area contributed by atoms with Crippen LogP contribution in [0.1, 0.15) is 23.5 Å². The molecule has 0 spiro atoms. The Labute approximate surface area is 242 Å². The second-order valence-corrected chi connectivity index (χ2v) is 10.7. The molecule has 38 heavy (non-hydrogen) atoms. The van der Waals surface area contributed by atoms with Crippen molar-refractivity contribution in [3.8, 4) is 0 Å². The molecular weight excluding hydrogens is 557 g/mol. The minimum Gasteiger partial charge on any atom is -0.257 e. The molecule has 0 bridgehead atoms. The van der Waals surface area contributed by atoms with Crippen molar-refractivity contribution in [1.82, 2.24) is 15.0 Å². The average Bonchev–Trinajstić information content (AvgIpc) is 3.75. The Bertz CT molecular complexity index is 967. The molecule has 0 saturated carbocycles. The van der Waals surface area contributed by atoms with Gasteiger partial charge in [-0.1, -0.05) is 78.9 Å². The molecule has 2 aliphatic carbocycles. The van der Waals surface area contributed by atoms with Crippen LogP contribution in [0.5, 0.6) is 0 Å². The fourth-order valence-electron chi connectivity index (χ4n) is 3.00. The van der Waals surface area contributed by atoms with Crippen LogP contribution in [0.25, 0.3) is 0 Å². The van der Waals surface area contributed by atoms with Gasteiger partial charge in [-0.25, -0.2) is 9.97 Å². The van der Waals surface area contributed by atoms with Crippen LogP contribution in [0.3, 0.4) is 0 Å². The van der Waals surface area contributed by atoms with Gasteiger partial charge in [0.2, 0.25) is 0 Å². The third-order valence-electron chi connectivity index (χ3n) is 5.29. The molecule has 202 valence electrons. The van der Waals surface area contributed by atoms with Crippen LogP contribution in [0.2, 0.25) is 0 Å². The number of hydrogen-bond donors (Lipinski definition) is 0. The van der Waals surface area contributed by atoms with E-state index in [4.69, 9.17) is 0 Å². The van der Waals surface area contributed by atoms with E-state index in [1.165, 1.54) is 36.2 Å². The summed E-state index contributed by atoms with van der Waals surface area (Å²) in [7, 11) is 9.81. The SMILES string of the molecule is [PH3+]CC1=CC=CC1.[PH3+]CC1C=CC=C1.[PH3+]Cc1ccccc1.[PH3+]Cc1ccccn1.[PH3+]Cc1ncccn1. The topological polar surface area (TPSA) is 38.7 Å². The summed E-state index contributed by atoms with van der Waals surface area (Å²) in [6.45, 7) is 0. The van der Waals surface area contributed by atoms with Gasteiger partial charge < -0.3 is 0 Å². The summed E-state index contributed by atoms with van der Waals surface area (Å²) in [6, 6.07) is 18.3. The molecule has 1 aromatic carbocycles. The van der Waals surface area contributed by atoms with Gasteiger partial charge in [-0.2, -0.15) is 0 Å². The maximum absolute atomic E-state index is 4.10. The van der Waals surface area contributed by atoms with Gasteiger partial charge in [0.25, 0.3) is 0 Å². The van der Waals surface area contributed by atoms with Gasteiger partial charge in [-0.05, 0) is 82.0 Å². The molecule has 3 aromatic rings. The number of pyridine rings is 1. The summed E-state index contributed by atoms with van der Waals surface area (Å²) in [6.07, 6.45) is 27.4. The van der Waals surface area contributed by atoms with Crippen LogP contribution in [-0.4, -0.2) is 27.3 Å². The molecule has 5 unspecified atom stereocenters. The Morgan fingerprint density at radius 2 is 1.29 bits per heavy atom. The molecule has 0 N–H and O–H groups in total.